The Kier molecular flexibility index (Phi) is 4.59. The van der Waals surface area contributed by atoms with Crippen molar-refractivity contribution >= 4 is 11.7 Å². The molecule has 1 aromatic carbocycles. The van der Waals surface area contributed by atoms with Crippen LogP contribution in [0.1, 0.15) is 12.5 Å². The number of nitrogens with two attached hydrogens (primary N) is 1. The summed E-state index contributed by atoms with van der Waals surface area (Å²) in [5, 5.41) is 10.6. The van der Waals surface area contributed by atoms with E-state index in [0.717, 1.165) is 0 Å². The molecule has 0 aliphatic rings. The molecule has 0 aliphatic heterocycles. The predicted molar refractivity (Wildman–Crippen MR) is 61.4 cm³/mol. The third-order valence-electron chi connectivity index (χ3n) is 2.17. The molecule has 0 fully saturated rings. The van der Waals surface area contributed by atoms with Crippen molar-refractivity contribution in [1.29, 1.82) is 0 Å². The highest BCUT2D eigenvalue weighted by Gasteiger charge is 2.16. The van der Waals surface area contributed by atoms with Crippen LogP contribution in [0, 0.1) is 10.1 Å². The molecule has 1 rings (SSSR count). The highest BCUT2D eigenvalue weighted by atomic mass is 16.6. The molecule has 6 nitrogen and oxygen atoms in total. The SMILES string of the molecule is CCOC(=O)[C@@H](N)Cc1cccc([N+](=O)[O-])c1. The van der Waals surface area contributed by atoms with Crippen LogP contribution < -0.4 is 5.73 Å². The Morgan fingerprint density at radius 3 is 2.88 bits per heavy atom. The molecule has 1 aromatic rings. The molecule has 0 saturated carbocycles. The molecule has 0 spiro atoms. The van der Waals surface area contributed by atoms with Crippen molar-refractivity contribution in [3.8, 4) is 0 Å². The molecule has 6 heteroatoms. The van der Waals surface area contributed by atoms with Crippen LogP contribution in [0.4, 0.5) is 5.69 Å². The van der Waals surface area contributed by atoms with Crippen LogP contribution >= 0.6 is 0 Å². The lowest BCUT2D eigenvalue weighted by atomic mass is 10.1. The van der Waals surface area contributed by atoms with Gasteiger partial charge in [0.2, 0.25) is 0 Å². The van der Waals surface area contributed by atoms with E-state index in [0.29, 0.717) is 5.56 Å². The number of nitro benzene ring substituents is 1. The van der Waals surface area contributed by atoms with Crippen molar-refractivity contribution in [1.82, 2.24) is 0 Å². The summed E-state index contributed by atoms with van der Waals surface area (Å²) in [7, 11) is 0. The van der Waals surface area contributed by atoms with Crippen LogP contribution in [0.2, 0.25) is 0 Å². The average Bonchev–Trinajstić information content (AvgIpc) is 2.29. The van der Waals surface area contributed by atoms with E-state index in [2.05, 4.69) is 0 Å². The molecule has 0 radical (unpaired) electrons. The summed E-state index contributed by atoms with van der Waals surface area (Å²) in [5.41, 5.74) is 6.24. The fourth-order valence-corrected chi connectivity index (χ4v) is 1.38. The Labute approximate surface area is 98.5 Å². The zero-order valence-electron chi connectivity index (χ0n) is 9.46. The fraction of sp³-hybridized carbons (Fsp3) is 0.364. The van der Waals surface area contributed by atoms with Gasteiger partial charge in [-0.1, -0.05) is 12.1 Å². The van der Waals surface area contributed by atoms with Crippen LogP contribution in [-0.2, 0) is 16.0 Å². The Morgan fingerprint density at radius 1 is 1.59 bits per heavy atom. The molecule has 1 atom stereocenters. The summed E-state index contributed by atoms with van der Waals surface area (Å²) in [6.07, 6.45) is 0.223. The van der Waals surface area contributed by atoms with Crippen molar-refractivity contribution in [3.05, 3.63) is 39.9 Å². The Bertz CT molecular complexity index is 420. The number of carbonyl (C=O) groups excluding carboxylic acids is 1. The molecule has 0 bridgehead atoms. The topological polar surface area (TPSA) is 95.5 Å². The van der Waals surface area contributed by atoms with E-state index in [1.807, 2.05) is 0 Å². The lowest BCUT2D eigenvalue weighted by Crippen LogP contribution is -2.34. The standard InChI is InChI=1S/C11H14N2O4/c1-2-17-11(14)10(12)7-8-4-3-5-9(6-8)13(15)16/h3-6,10H,2,7,12H2,1H3/t10-/m0/s1. The number of carbonyl (C=O) groups is 1. The van der Waals surface area contributed by atoms with Crippen molar-refractivity contribution in [2.24, 2.45) is 5.73 Å². The molecule has 0 heterocycles. The minimum absolute atomic E-state index is 0.0152. The first-order chi connectivity index (χ1) is 8.04. The summed E-state index contributed by atoms with van der Waals surface area (Å²) in [6, 6.07) is 5.24. The molecular formula is C11H14N2O4. The average molecular weight is 238 g/mol. The van der Waals surface area contributed by atoms with Gasteiger partial charge in [-0.2, -0.15) is 0 Å². The maximum atomic E-state index is 11.3. The first kappa shape index (κ1) is 13.1. The zero-order chi connectivity index (χ0) is 12.8. The highest BCUT2D eigenvalue weighted by molar-refractivity contribution is 5.75. The minimum atomic E-state index is -0.794. The number of esters is 1. The molecule has 92 valence electrons. The maximum absolute atomic E-state index is 11.3. The predicted octanol–water partition coefficient (Wildman–Crippen LogP) is 1.03. The van der Waals surface area contributed by atoms with Gasteiger partial charge in [0.05, 0.1) is 11.5 Å². The Hall–Kier alpha value is -1.95. The van der Waals surface area contributed by atoms with Crippen LogP contribution in [0.5, 0.6) is 0 Å². The van der Waals surface area contributed by atoms with Gasteiger partial charge < -0.3 is 10.5 Å². The molecule has 0 amide bonds. The number of rotatable bonds is 5. The summed E-state index contributed by atoms with van der Waals surface area (Å²) in [4.78, 5) is 21.4. The molecule has 0 aromatic heterocycles. The van der Waals surface area contributed by atoms with Crippen molar-refractivity contribution in [2.75, 3.05) is 6.61 Å². The van der Waals surface area contributed by atoms with Crippen LogP contribution in [0.25, 0.3) is 0 Å². The quantitative estimate of drug-likeness (QED) is 0.469. The monoisotopic (exact) mass is 238 g/mol. The van der Waals surface area contributed by atoms with E-state index in [4.69, 9.17) is 10.5 Å². The number of hydrogen-bond acceptors (Lipinski definition) is 5. The largest absolute Gasteiger partial charge is 0.465 e. The van der Waals surface area contributed by atoms with Crippen molar-refractivity contribution in [3.63, 3.8) is 0 Å². The fourth-order valence-electron chi connectivity index (χ4n) is 1.38. The van der Waals surface area contributed by atoms with Crippen molar-refractivity contribution < 1.29 is 14.5 Å². The molecule has 2 N–H and O–H groups in total. The third kappa shape index (κ3) is 3.84. The summed E-state index contributed by atoms with van der Waals surface area (Å²) in [6.45, 7) is 1.96. The molecule has 0 unspecified atom stereocenters. The number of benzene rings is 1. The number of ether oxygens (including phenoxy) is 1. The summed E-state index contributed by atoms with van der Waals surface area (Å²) >= 11 is 0. The van der Waals surface area contributed by atoms with E-state index in [9.17, 15) is 14.9 Å². The van der Waals surface area contributed by atoms with Crippen molar-refractivity contribution in [2.45, 2.75) is 19.4 Å². The Morgan fingerprint density at radius 2 is 2.29 bits per heavy atom. The van der Waals surface area contributed by atoms with E-state index < -0.39 is 16.9 Å². The highest BCUT2D eigenvalue weighted by Crippen LogP contribution is 2.14. The smallest absolute Gasteiger partial charge is 0.323 e. The van der Waals surface area contributed by atoms with Crippen LogP contribution in [-0.4, -0.2) is 23.5 Å². The van der Waals surface area contributed by atoms with Gasteiger partial charge in [0.1, 0.15) is 6.04 Å². The van der Waals surface area contributed by atoms with Gasteiger partial charge in [-0.15, -0.1) is 0 Å². The second kappa shape index (κ2) is 5.95. The van der Waals surface area contributed by atoms with E-state index in [-0.39, 0.29) is 18.7 Å². The molecule has 17 heavy (non-hydrogen) atoms. The number of nitro groups is 1. The zero-order valence-corrected chi connectivity index (χ0v) is 9.46. The molecular weight excluding hydrogens is 224 g/mol. The van der Waals surface area contributed by atoms with Gasteiger partial charge in [-0.25, -0.2) is 0 Å². The normalized spacial score (nSPS) is 11.9. The first-order valence-corrected chi connectivity index (χ1v) is 5.20. The lowest BCUT2D eigenvalue weighted by molar-refractivity contribution is -0.384. The van der Waals surface area contributed by atoms with E-state index in [1.165, 1.54) is 12.1 Å². The number of nitrogens with zero attached hydrogens (tertiary/aromatic N) is 1. The number of hydrogen-bond donors (Lipinski definition) is 1. The van der Waals surface area contributed by atoms with Gasteiger partial charge in [-0.3, -0.25) is 14.9 Å². The van der Waals surface area contributed by atoms with Gasteiger partial charge >= 0.3 is 5.97 Å². The minimum Gasteiger partial charge on any atom is -0.465 e. The maximum Gasteiger partial charge on any atom is 0.323 e. The van der Waals surface area contributed by atoms with E-state index in [1.54, 1.807) is 19.1 Å². The van der Waals surface area contributed by atoms with Gasteiger partial charge in [0.15, 0.2) is 0 Å². The van der Waals surface area contributed by atoms with Gasteiger partial charge in [0.25, 0.3) is 5.69 Å². The van der Waals surface area contributed by atoms with Crippen LogP contribution in [0.15, 0.2) is 24.3 Å². The van der Waals surface area contributed by atoms with Gasteiger partial charge in [-0.05, 0) is 18.9 Å². The van der Waals surface area contributed by atoms with Gasteiger partial charge in [0, 0.05) is 12.1 Å². The first-order valence-electron chi connectivity index (χ1n) is 5.20. The lowest BCUT2D eigenvalue weighted by Gasteiger charge is -2.10. The summed E-state index contributed by atoms with van der Waals surface area (Å²) < 4.78 is 4.76. The van der Waals surface area contributed by atoms with E-state index >= 15 is 0 Å². The molecule has 0 saturated heterocycles. The Balaban J connectivity index is 2.71. The van der Waals surface area contributed by atoms with Crippen LogP contribution in [0.3, 0.4) is 0 Å². The second-order valence-corrected chi connectivity index (χ2v) is 3.49. The summed E-state index contributed by atoms with van der Waals surface area (Å²) in [5.74, 6) is -0.501. The third-order valence-corrected chi connectivity index (χ3v) is 2.17. The molecule has 0 aliphatic carbocycles. The number of non-ortho nitro benzene ring substituents is 1. The second-order valence-electron chi connectivity index (χ2n) is 3.49.